The Balaban J connectivity index is 1.88. The molecule has 1 amide bonds. The summed E-state index contributed by atoms with van der Waals surface area (Å²) in [5.41, 5.74) is 1.50. The van der Waals surface area contributed by atoms with Crippen LogP contribution in [-0.2, 0) is 0 Å². The summed E-state index contributed by atoms with van der Waals surface area (Å²) in [6.45, 7) is 1.75. The molecule has 0 aliphatic heterocycles. The maximum Gasteiger partial charge on any atom is 0.276 e. The third kappa shape index (κ3) is 2.56. The lowest BCUT2D eigenvalue weighted by Crippen LogP contribution is -2.12. The van der Waals surface area contributed by atoms with Crippen molar-refractivity contribution in [2.24, 2.45) is 0 Å². The van der Waals surface area contributed by atoms with Gasteiger partial charge < -0.3 is 15.0 Å². The van der Waals surface area contributed by atoms with Crippen LogP contribution in [0.5, 0.6) is 5.75 Å². The minimum Gasteiger partial charge on any atom is -0.497 e. The normalized spacial score (nSPS) is 10.6. The first-order chi connectivity index (χ1) is 10.6. The van der Waals surface area contributed by atoms with Gasteiger partial charge >= 0.3 is 0 Å². The number of fused-ring (bicyclic) bond motifs is 1. The first-order valence-electron chi connectivity index (χ1n) is 6.61. The quantitative estimate of drug-likeness (QED) is 0.768. The number of carbonyl (C=O) groups excluding carboxylic acids is 1. The van der Waals surface area contributed by atoms with Crippen molar-refractivity contribution in [3.8, 4) is 5.75 Å². The zero-order valence-corrected chi connectivity index (χ0v) is 12.1. The molecule has 0 saturated carbocycles. The van der Waals surface area contributed by atoms with Crippen LogP contribution in [0.4, 0.5) is 5.69 Å². The molecule has 0 saturated heterocycles. The molecule has 0 bridgehead atoms. The van der Waals surface area contributed by atoms with Crippen molar-refractivity contribution in [3.05, 3.63) is 58.3 Å². The van der Waals surface area contributed by atoms with E-state index in [-0.39, 0.29) is 17.2 Å². The Bertz CT molecular complexity index is 893. The number of aromatic nitrogens is 3. The van der Waals surface area contributed by atoms with Crippen LogP contribution in [0, 0.1) is 6.92 Å². The van der Waals surface area contributed by atoms with E-state index in [4.69, 9.17) is 4.74 Å². The largest absolute Gasteiger partial charge is 0.497 e. The fraction of sp³-hybridized carbons (Fsp3) is 0.133. The van der Waals surface area contributed by atoms with Gasteiger partial charge in [-0.3, -0.25) is 9.59 Å². The summed E-state index contributed by atoms with van der Waals surface area (Å²) < 4.78 is 6.46. The summed E-state index contributed by atoms with van der Waals surface area (Å²) in [5, 5.41) is 6.85. The lowest BCUT2D eigenvalue weighted by molar-refractivity contribution is 0.102. The van der Waals surface area contributed by atoms with Crippen molar-refractivity contribution in [1.29, 1.82) is 0 Å². The molecule has 3 aromatic rings. The molecule has 0 unspecified atom stereocenters. The Labute approximate surface area is 125 Å². The number of benzene rings is 1. The van der Waals surface area contributed by atoms with Gasteiger partial charge in [0.15, 0.2) is 5.69 Å². The number of H-pyrrole nitrogens is 1. The minimum absolute atomic E-state index is 0.173. The monoisotopic (exact) mass is 298 g/mol. The molecule has 7 heteroatoms. The van der Waals surface area contributed by atoms with E-state index < -0.39 is 0 Å². The number of ether oxygens (including phenoxy) is 1. The highest BCUT2D eigenvalue weighted by molar-refractivity contribution is 6.03. The van der Waals surface area contributed by atoms with Gasteiger partial charge in [0.2, 0.25) is 0 Å². The second kappa shape index (κ2) is 5.36. The molecule has 2 N–H and O–H groups in total. The second-order valence-electron chi connectivity index (χ2n) is 4.81. The topological polar surface area (TPSA) is 88.5 Å². The van der Waals surface area contributed by atoms with E-state index in [2.05, 4.69) is 15.4 Å². The number of nitrogens with one attached hydrogen (secondary N) is 2. The number of rotatable bonds is 3. The number of nitrogens with zero attached hydrogens (tertiary/aromatic N) is 2. The van der Waals surface area contributed by atoms with E-state index in [0.29, 0.717) is 22.6 Å². The average Bonchev–Trinajstić information content (AvgIpc) is 2.92. The van der Waals surface area contributed by atoms with E-state index in [9.17, 15) is 9.59 Å². The van der Waals surface area contributed by atoms with E-state index in [1.807, 2.05) is 0 Å². The van der Waals surface area contributed by atoms with Gasteiger partial charge in [0, 0.05) is 23.6 Å². The molecule has 2 heterocycles. The number of hydrogen-bond donors (Lipinski definition) is 2. The summed E-state index contributed by atoms with van der Waals surface area (Å²) >= 11 is 0. The molecule has 112 valence electrons. The van der Waals surface area contributed by atoms with Crippen LogP contribution >= 0.6 is 0 Å². The van der Waals surface area contributed by atoms with Gasteiger partial charge in [0.05, 0.1) is 7.11 Å². The number of aromatic amines is 1. The summed E-state index contributed by atoms with van der Waals surface area (Å²) in [7, 11) is 1.57. The van der Waals surface area contributed by atoms with Gasteiger partial charge in [-0.1, -0.05) is 0 Å². The molecule has 0 aliphatic rings. The van der Waals surface area contributed by atoms with Crippen molar-refractivity contribution in [2.75, 3.05) is 12.4 Å². The molecule has 0 spiro atoms. The van der Waals surface area contributed by atoms with Gasteiger partial charge in [0.1, 0.15) is 11.3 Å². The Morgan fingerprint density at radius 1 is 1.32 bits per heavy atom. The van der Waals surface area contributed by atoms with Crippen LogP contribution in [0.15, 0.2) is 41.3 Å². The summed E-state index contributed by atoms with van der Waals surface area (Å²) in [5.74, 6) is 0.318. The van der Waals surface area contributed by atoms with Gasteiger partial charge in [-0.2, -0.15) is 5.10 Å². The number of amides is 1. The average molecular weight is 298 g/mol. The van der Waals surface area contributed by atoms with Crippen molar-refractivity contribution in [3.63, 3.8) is 0 Å². The zero-order valence-electron chi connectivity index (χ0n) is 12.1. The highest BCUT2D eigenvalue weighted by Crippen LogP contribution is 2.15. The Kier molecular flexibility index (Phi) is 3.38. The van der Waals surface area contributed by atoms with E-state index in [1.165, 1.54) is 10.6 Å². The Morgan fingerprint density at radius 2 is 2.05 bits per heavy atom. The Hall–Kier alpha value is -3.09. The fourth-order valence-electron chi connectivity index (χ4n) is 2.10. The third-order valence-electron chi connectivity index (χ3n) is 3.18. The standard InChI is InChI=1S/C15H14N4O3/c1-9-8-19-13(15(21)16-9)7-12(18-19)14(20)17-10-3-5-11(22-2)6-4-10/h3-8H,1-2H3,(H,16,21)(H,17,20). The highest BCUT2D eigenvalue weighted by atomic mass is 16.5. The molecule has 0 fully saturated rings. The van der Waals surface area contributed by atoms with Crippen molar-refractivity contribution in [2.45, 2.75) is 6.92 Å². The summed E-state index contributed by atoms with van der Waals surface area (Å²) in [6, 6.07) is 8.39. The van der Waals surface area contributed by atoms with Gasteiger partial charge in [0.25, 0.3) is 11.5 Å². The predicted octanol–water partition coefficient (Wildman–Crippen LogP) is 1.59. The second-order valence-corrected chi connectivity index (χ2v) is 4.81. The smallest absolute Gasteiger partial charge is 0.276 e. The lowest BCUT2D eigenvalue weighted by atomic mass is 10.3. The molecular weight excluding hydrogens is 284 g/mol. The van der Waals surface area contributed by atoms with E-state index >= 15 is 0 Å². The molecule has 2 aromatic heterocycles. The van der Waals surface area contributed by atoms with Crippen molar-refractivity contribution >= 4 is 17.1 Å². The van der Waals surface area contributed by atoms with Crippen LogP contribution in [0.1, 0.15) is 16.2 Å². The molecular formula is C15H14N4O3. The number of carbonyl (C=O) groups is 1. The maximum atomic E-state index is 12.2. The number of methoxy groups -OCH3 is 1. The van der Waals surface area contributed by atoms with Crippen molar-refractivity contribution in [1.82, 2.24) is 14.6 Å². The van der Waals surface area contributed by atoms with E-state index in [1.54, 1.807) is 44.5 Å². The van der Waals surface area contributed by atoms with Gasteiger partial charge in [-0.15, -0.1) is 0 Å². The predicted molar refractivity (Wildman–Crippen MR) is 81.5 cm³/mol. The van der Waals surface area contributed by atoms with Crippen LogP contribution in [0.3, 0.4) is 0 Å². The fourth-order valence-corrected chi connectivity index (χ4v) is 2.10. The molecule has 0 radical (unpaired) electrons. The molecule has 0 aliphatic carbocycles. The third-order valence-corrected chi connectivity index (χ3v) is 3.18. The molecule has 3 rings (SSSR count). The zero-order chi connectivity index (χ0) is 15.7. The maximum absolute atomic E-state index is 12.2. The SMILES string of the molecule is COc1ccc(NC(=O)c2cc3c(=O)[nH]c(C)cn3n2)cc1. The molecule has 0 atom stereocenters. The minimum atomic E-state index is -0.383. The van der Waals surface area contributed by atoms with Gasteiger partial charge in [-0.25, -0.2) is 4.52 Å². The van der Waals surface area contributed by atoms with Crippen LogP contribution in [-0.4, -0.2) is 27.6 Å². The molecule has 1 aromatic carbocycles. The Morgan fingerprint density at radius 3 is 2.73 bits per heavy atom. The summed E-state index contributed by atoms with van der Waals surface area (Å²) in [4.78, 5) is 26.7. The van der Waals surface area contributed by atoms with E-state index in [0.717, 1.165) is 0 Å². The number of aryl methyl sites for hydroxylation is 1. The van der Waals surface area contributed by atoms with Gasteiger partial charge in [-0.05, 0) is 31.2 Å². The van der Waals surface area contributed by atoms with Crippen LogP contribution < -0.4 is 15.6 Å². The van der Waals surface area contributed by atoms with Crippen LogP contribution in [0.25, 0.3) is 5.52 Å². The number of hydrogen-bond acceptors (Lipinski definition) is 4. The molecule has 7 nitrogen and oxygen atoms in total. The number of anilines is 1. The molecule has 22 heavy (non-hydrogen) atoms. The van der Waals surface area contributed by atoms with Crippen molar-refractivity contribution < 1.29 is 9.53 Å². The summed E-state index contributed by atoms with van der Waals surface area (Å²) in [6.07, 6.45) is 1.65. The lowest BCUT2D eigenvalue weighted by Gasteiger charge is -2.04. The highest BCUT2D eigenvalue weighted by Gasteiger charge is 2.13. The first kappa shape index (κ1) is 13.9. The van der Waals surface area contributed by atoms with Crippen LogP contribution in [0.2, 0.25) is 0 Å². The first-order valence-corrected chi connectivity index (χ1v) is 6.61.